The highest BCUT2D eigenvalue weighted by Gasteiger charge is 2.31. The molecule has 2 N–H and O–H groups in total. The zero-order chi connectivity index (χ0) is 12.4. The van der Waals surface area contributed by atoms with E-state index in [4.69, 9.17) is 5.73 Å². The fourth-order valence-electron chi connectivity index (χ4n) is 2.56. The molecule has 114 valence electrons. The number of nitrogens with zero attached hydrogens (tertiary/aromatic N) is 2. The van der Waals surface area contributed by atoms with E-state index in [0.717, 1.165) is 32.2 Å². The summed E-state index contributed by atoms with van der Waals surface area (Å²) in [6.45, 7) is 7.79. The van der Waals surface area contributed by atoms with Gasteiger partial charge < -0.3 is 10.6 Å². The Labute approximate surface area is 128 Å². The number of nitrogens with two attached hydrogens (primary N) is 1. The number of halogens is 2. The van der Waals surface area contributed by atoms with Gasteiger partial charge in [0.1, 0.15) is 0 Å². The Balaban J connectivity index is 0.00000162. The van der Waals surface area contributed by atoms with Crippen LogP contribution in [0.3, 0.4) is 0 Å². The van der Waals surface area contributed by atoms with Gasteiger partial charge in [-0.3, -0.25) is 9.69 Å². The van der Waals surface area contributed by atoms with Gasteiger partial charge in [-0.2, -0.15) is 0 Å². The number of hydrogen-bond acceptors (Lipinski definition) is 3. The first-order valence-corrected chi connectivity index (χ1v) is 6.88. The van der Waals surface area contributed by atoms with Crippen molar-refractivity contribution in [3.8, 4) is 0 Å². The number of hydrogen-bond donors (Lipinski definition) is 1. The van der Waals surface area contributed by atoms with E-state index in [-0.39, 0.29) is 42.7 Å². The molecule has 1 aliphatic heterocycles. The number of piperazine rings is 1. The highest BCUT2D eigenvalue weighted by Crippen LogP contribution is 2.25. The van der Waals surface area contributed by atoms with Gasteiger partial charge in [-0.1, -0.05) is 20.3 Å². The third-order valence-electron chi connectivity index (χ3n) is 4.22. The molecule has 2 fully saturated rings. The van der Waals surface area contributed by atoms with Gasteiger partial charge in [-0.25, -0.2) is 0 Å². The highest BCUT2D eigenvalue weighted by molar-refractivity contribution is 5.85. The number of carbonyl (C=O) groups is 1. The van der Waals surface area contributed by atoms with Crippen molar-refractivity contribution in [3.63, 3.8) is 0 Å². The molecule has 19 heavy (non-hydrogen) atoms. The maximum atomic E-state index is 12.1. The molecule has 1 saturated heterocycles. The van der Waals surface area contributed by atoms with Gasteiger partial charge in [-0.15, -0.1) is 24.8 Å². The maximum Gasteiger partial charge on any atom is 0.239 e. The van der Waals surface area contributed by atoms with Gasteiger partial charge in [-0.05, 0) is 18.8 Å². The second kappa shape index (κ2) is 8.30. The summed E-state index contributed by atoms with van der Waals surface area (Å²) in [5.41, 5.74) is 5.92. The summed E-state index contributed by atoms with van der Waals surface area (Å²) in [7, 11) is 0. The number of rotatable bonds is 3. The van der Waals surface area contributed by atoms with Gasteiger partial charge in [0.05, 0.1) is 6.04 Å². The van der Waals surface area contributed by atoms with Crippen molar-refractivity contribution in [3.05, 3.63) is 0 Å². The van der Waals surface area contributed by atoms with Crippen molar-refractivity contribution in [1.29, 1.82) is 0 Å². The first-order valence-electron chi connectivity index (χ1n) is 6.88. The molecule has 4 nitrogen and oxygen atoms in total. The standard InChI is InChI=1S/C13H25N3O.2ClH/c1-10(2)12(14)13(17)16-8-6-15(7-9-16)11-4-3-5-11;;/h10-12H,3-9,14H2,1-2H3;2*1H/t12-;;/m1../s1. The molecule has 0 aromatic rings. The quantitative estimate of drug-likeness (QED) is 0.859. The maximum absolute atomic E-state index is 12.1. The Morgan fingerprint density at radius 1 is 1.11 bits per heavy atom. The number of amides is 1. The molecular formula is C13H27Cl2N3O. The molecule has 1 atom stereocenters. The molecule has 1 heterocycles. The van der Waals surface area contributed by atoms with Crippen molar-refractivity contribution in [2.75, 3.05) is 26.2 Å². The van der Waals surface area contributed by atoms with Crippen LogP contribution in [0, 0.1) is 5.92 Å². The summed E-state index contributed by atoms with van der Waals surface area (Å²) < 4.78 is 0. The largest absolute Gasteiger partial charge is 0.339 e. The van der Waals surface area contributed by atoms with Crippen molar-refractivity contribution < 1.29 is 4.79 Å². The van der Waals surface area contributed by atoms with Crippen molar-refractivity contribution >= 4 is 30.7 Å². The minimum Gasteiger partial charge on any atom is -0.339 e. The minimum absolute atomic E-state index is 0. The average Bonchev–Trinajstić information content (AvgIpc) is 2.25. The Bertz CT molecular complexity index is 277. The first kappa shape index (κ1) is 19.0. The van der Waals surface area contributed by atoms with E-state index in [1.165, 1.54) is 19.3 Å². The van der Waals surface area contributed by atoms with Crippen LogP contribution >= 0.6 is 24.8 Å². The van der Waals surface area contributed by atoms with E-state index in [1.807, 2.05) is 18.7 Å². The van der Waals surface area contributed by atoms with Crippen LogP contribution in [-0.4, -0.2) is 54.0 Å². The molecule has 0 bridgehead atoms. The highest BCUT2D eigenvalue weighted by atomic mass is 35.5. The SMILES string of the molecule is CC(C)[C@@H](N)C(=O)N1CCN(C2CCC2)CC1.Cl.Cl. The zero-order valence-electron chi connectivity index (χ0n) is 11.9. The molecule has 0 radical (unpaired) electrons. The Hall–Kier alpha value is -0.0300. The number of carbonyl (C=O) groups excluding carboxylic acids is 1. The van der Waals surface area contributed by atoms with Gasteiger partial charge in [0.25, 0.3) is 0 Å². The minimum atomic E-state index is -0.328. The molecule has 1 amide bonds. The predicted molar refractivity (Wildman–Crippen MR) is 83.1 cm³/mol. The van der Waals surface area contributed by atoms with Crippen molar-refractivity contribution in [2.24, 2.45) is 11.7 Å². The summed E-state index contributed by atoms with van der Waals surface area (Å²) >= 11 is 0. The third-order valence-corrected chi connectivity index (χ3v) is 4.22. The van der Waals surface area contributed by atoms with Crippen LogP contribution < -0.4 is 5.73 Å². The van der Waals surface area contributed by atoms with Crippen molar-refractivity contribution in [1.82, 2.24) is 9.80 Å². The molecule has 0 spiro atoms. The smallest absolute Gasteiger partial charge is 0.239 e. The lowest BCUT2D eigenvalue weighted by molar-refractivity contribution is -0.135. The summed E-state index contributed by atoms with van der Waals surface area (Å²) in [6, 6.07) is 0.469. The second-order valence-electron chi connectivity index (χ2n) is 5.72. The van der Waals surface area contributed by atoms with E-state index >= 15 is 0 Å². The first-order chi connectivity index (χ1) is 8.09. The van der Waals surface area contributed by atoms with Gasteiger partial charge >= 0.3 is 0 Å². The van der Waals surface area contributed by atoms with E-state index in [1.54, 1.807) is 0 Å². The molecule has 1 aliphatic carbocycles. The van der Waals surface area contributed by atoms with Crippen LogP contribution in [-0.2, 0) is 4.79 Å². The third kappa shape index (κ3) is 4.48. The zero-order valence-corrected chi connectivity index (χ0v) is 13.5. The van der Waals surface area contributed by atoms with Crippen LogP contribution in [0.2, 0.25) is 0 Å². The monoisotopic (exact) mass is 311 g/mol. The van der Waals surface area contributed by atoms with Gasteiger partial charge in [0, 0.05) is 32.2 Å². The van der Waals surface area contributed by atoms with Crippen LogP contribution in [0.1, 0.15) is 33.1 Å². The lowest BCUT2D eigenvalue weighted by Crippen LogP contribution is -2.57. The van der Waals surface area contributed by atoms with E-state index < -0.39 is 0 Å². The summed E-state index contributed by atoms with van der Waals surface area (Å²) in [6.07, 6.45) is 4.07. The van der Waals surface area contributed by atoms with Gasteiger partial charge in [0.2, 0.25) is 5.91 Å². The molecule has 0 unspecified atom stereocenters. The average molecular weight is 312 g/mol. The van der Waals surface area contributed by atoms with Crippen molar-refractivity contribution in [2.45, 2.75) is 45.2 Å². The second-order valence-corrected chi connectivity index (χ2v) is 5.72. The molecule has 6 heteroatoms. The molecular weight excluding hydrogens is 285 g/mol. The molecule has 2 rings (SSSR count). The molecule has 2 aliphatic rings. The Morgan fingerprint density at radius 2 is 1.63 bits per heavy atom. The van der Waals surface area contributed by atoms with Crippen LogP contribution in [0.4, 0.5) is 0 Å². The van der Waals surface area contributed by atoms with Crippen LogP contribution in [0.5, 0.6) is 0 Å². The van der Waals surface area contributed by atoms with E-state index in [9.17, 15) is 4.79 Å². The van der Waals surface area contributed by atoms with Crippen LogP contribution in [0.15, 0.2) is 0 Å². The molecule has 0 aromatic heterocycles. The van der Waals surface area contributed by atoms with Crippen LogP contribution in [0.25, 0.3) is 0 Å². The normalized spacial score (nSPS) is 22.2. The summed E-state index contributed by atoms with van der Waals surface area (Å²) in [5, 5.41) is 0. The van der Waals surface area contributed by atoms with E-state index in [2.05, 4.69) is 4.90 Å². The molecule has 0 aromatic carbocycles. The summed E-state index contributed by atoms with van der Waals surface area (Å²) in [5.74, 6) is 0.362. The molecule has 1 saturated carbocycles. The lowest BCUT2D eigenvalue weighted by atomic mass is 9.91. The Morgan fingerprint density at radius 3 is 2.00 bits per heavy atom. The van der Waals surface area contributed by atoms with E-state index in [0.29, 0.717) is 0 Å². The lowest BCUT2D eigenvalue weighted by Gasteiger charge is -2.43. The predicted octanol–water partition coefficient (Wildman–Crippen LogP) is 1.51. The fourth-order valence-corrected chi connectivity index (χ4v) is 2.56. The Kier molecular flexibility index (Phi) is 8.29. The van der Waals surface area contributed by atoms with Gasteiger partial charge in [0.15, 0.2) is 0 Å². The topological polar surface area (TPSA) is 49.6 Å². The summed E-state index contributed by atoms with van der Waals surface area (Å²) in [4.78, 5) is 16.6. The fraction of sp³-hybridized carbons (Fsp3) is 0.923.